The van der Waals surface area contributed by atoms with Gasteiger partial charge in [0.15, 0.2) is 0 Å². The number of hydrogen-bond acceptors (Lipinski definition) is 6. The topological polar surface area (TPSA) is 64.6 Å². The molecule has 0 saturated heterocycles. The van der Waals surface area contributed by atoms with Gasteiger partial charge < -0.3 is 14.4 Å². The highest BCUT2D eigenvalue weighted by Gasteiger charge is 2.13. The second-order valence-corrected chi connectivity index (χ2v) is 6.73. The van der Waals surface area contributed by atoms with E-state index in [1.54, 1.807) is 25.3 Å². The molecule has 3 rings (SSSR count). The molecule has 0 saturated carbocycles. The minimum Gasteiger partial charge on any atom is -0.497 e. The van der Waals surface area contributed by atoms with Crippen molar-refractivity contribution in [3.63, 3.8) is 0 Å². The molecule has 1 aromatic carbocycles. The smallest absolute Gasteiger partial charge is 0.228 e. The molecule has 0 N–H and O–H groups in total. The van der Waals surface area contributed by atoms with Gasteiger partial charge in [0, 0.05) is 18.6 Å². The van der Waals surface area contributed by atoms with Crippen molar-refractivity contribution in [2.75, 3.05) is 27.3 Å². The van der Waals surface area contributed by atoms with Crippen molar-refractivity contribution in [2.24, 2.45) is 0 Å². The van der Waals surface area contributed by atoms with Crippen LogP contribution in [0.4, 0.5) is 0 Å². The monoisotopic (exact) mass is 383 g/mol. The lowest BCUT2D eigenvalue weighted by Gasteiger charge is -2.17. The molecule has 0 aliphatic heterocycles. The molecule has 0 radical (unpaired) electrons. The number of likely N-dealkylation sites (N-methyl/N-ethyl adjacent to an activating group) is 1. The molecule has 2 heterocycles. The molecule has 27 heavy (non-hydrogen) atoms. The lowest BCUT2D eigenvalue weighted by molar-refractivity contribution is -0.129. The van der Waals surface area contributed by atoms with E-state index < -0.39 is 0 Å². The number of rotatable bonds is 8. The summed E-state index contributed by atoms with van der Waals surface area (Å²) in [6.45, 7) is 0.924. The third-order valence-corrected chi connectivity index (χ3v) is 4.86. The molecule has 0 aliphatic rings. The minimum absolute atomic E-state index is 0.00574. The zero-order chi connectivity index (χ0) is 19.1. The molecule has 3 aromatic rings. The SMILES string of the molecule is COc1ccc(OCCN(C)C(=O)Cc2csc(-c3ccccn3)n2)cc1. The van der Waals surface area contributed by atoms with Crippen LogP contribution in [0.2, 0.25) is 0 Å². The standard InChI is InChI=1S/C20H21N3O3S/c1-23(11-12-26-17-8-6-16(25-2)7-9-17)19(24)13-15-14-27-20(22-15)18-5-3-4-10-21-18/h3-10,14H,11-13H2,1-2H3. The average molecular weight is 383 g/mol. The fraction of sp³-hybridized carbons (Fsp3) is 0.250. The summed E-state index contributed by atoms with van der Waals surface area (Å²) in [5.41, 5.74) is 1.58. The van der Waals surface area contributed by atoms with Crippen molar-refractivity contribution in [3.05, 3.63) is 59.7 Å². The number of amides is 1. The normalized spacial score (nSPS) is 10.4. The molecule has 1 amide bonds. The number of aromatic nitrogens is 2. The summed E-state index contributed by atoms with van der Waals surface area (Å²) < 4.78 is 10.8. The number of pyridine rings is 1. The molecule has 0 bridgehead atoms. The number of nitrogens with zero attached hydrogens (tertiary/aromatic N) is 3. The number of thiazole rings is 1. The summed E-state index contributed by atoms with van der Waals surface area (Å²) in [5, 5.41) is 2.73. The van der Waals surface area contributed by atoms with Gasteiger partial charge in [0.25, 0.3) is 0 Å². The first-order valence-electron chi connectivity index (χ1n) is 8.52. The first-order valence-corrected chi connectivity index (χ1v) is 9.40. The van der Waals surface area contributed by atoms with Crippen LogP contribution >= 0.6 is 11.3 Å². The van der Waals surface area contributed by atoms with E-state index in [1.807, 2.05) is 47.8 Å². The summed E-state index contributed by atoms with van der Waals surface area (Å²) in [6, 6.07) is 13.1. The highest BCUT2D eigenvalue weighted by Crippen LogP contribution is 2.21. The second-order valence-electron chi connectivity index (χ2n) is 5.88. The van der Waals surface area contributed by atoms with Crippen LogP contribution in [0.15, 0.2) is 54.0 Å². The van der Waals surface area contributed by atoms with Gasteiger partial charge in [-0.25, -0.2) is 4.98 Å². The molecular formula is C20H21N3O3S. The molecule has 0 atom stereocenters. The van der Waals surface area contributed by atoms with Gasteiger partial charge in [-0.3, -0.25) is 9.78 Å². The van der Waals surface area contributed by atoms with Crippen LogP contribution in [-0.4, -0.2) is 48.1 Å². The van der Waals surface area contributed by atoms with Gasteiger partial charge in [0.1, 0.15) is 23.1 Å². The Kier molecular flexibility index (Phi) is 6.38. The van der Waals surface area contributed by atoms with E-state index in [9.17, 15) is 4.79 Å². The van der Waals surface area contributed by atoms with E-state index in [-0.39, 0.29) is 12.3 Å². The number of carbonyl (C=O) groups is 1. The summed E-state index contributed by atoms with van der Waals surface area (Å²) in [7, 11) is 3.39. The van der Waals surface area contributed by atoms with Gasteiger partial charge in [-0.1, -0.05) is 6.07 Å². The number of benzene rings is 1. The molecular weight excluding hydrogens is 362 g/mol. The maximum absolute atomic E-state index is 12.4. The molecule has 0 unspecified atom stereocenters. The predicted molar refractivity (Wildman–Crippen MR) is 105 cm³/mol. The van der Waals surface area contributed by atoms with E-state index >= 15 is 0 Å². The van der Waals surface area contributed by atoms with Crippen molar-refractivity contribution in [3.8, 4) is 22.2 Å². The molecule has 0 aliphatic carbocycles. The van der Waals surface area contributed by atoms with Crippen LogP contribution < -0.4 is 9.47 Å². The number of ether oxygens (including phenoxy) is 2. The van der Waals surface area contributed by atoms with Crippen molar-refractivity contribution >= 4 is 17.2 Å². The Morgan fingerprint density at radius 1 is 1.15 bits per heavy atom. The number of hydrogen-bond donors (Lipinski definition) is 0. The average Bonchev–Trinajstić information content (AvgIpc) is 3.17. The quantitative estimate of drug-likeness (QED) is 0.597. The van der Waals surface area contributed by atoms with Crippen molar-refractivity contribution in [1.82, 2.24) is 14.9 Å². The Morgan fingerprint density at radius 2 is 1.93 bits per heavy atom. The molecule has 0 spiro atoms. The Labute approximate surface area is 162 Å². The maximum Gasteiger partial charge on any atom is 0.228 e. The van der Waals surface area contributed by atoms with Crippen molar-refractivity contribution in [2.45, 2.75) is 6.42 Å². The van der Waals surface area contributed by atoms with Crippen LogP contribution in [0.5, 0.6) is 11.5 Å². The predicted octanol–water partition coefficient (Wildman–Crippen LogP) is 3.29. The van der Waals surface area contributed by atoms with E-state index in [4.69, 9.17) is 9.47 Å². The molecule has 0 fully saturated rings. The Morgan fingerprint density at radius 3 is 2.63 bits per heavy atom. The van der Waals surface area contributed by atoms with E-state index in [1.165, 1.54) is 11.3 Å². The summed E-state index contributed by atoms with van der Waals surface area (Å²) >= 11 is 1.50. The van der Waals surface area contributed by atoms with Gasteiger partial charge in [0.05, 0.1) is 31.5 Å². The lowest BCUT2D eigenvalue weighted by Crippen LogP contribution is -2.32. The third kappa shape index (κ3) is 5.27. The fourth-order valence-corrected chi connectivity index (χ4v) is 3.18. The van der Waals surface area contributed by atoms with Gasteiger partial charge in [-0.2, -0.15) is 0 Å². The van der Waals surface area contributed by atoms with Gasteiger partial charge in [0.2, 0.25) is 5.91 Å². The van der Waals surface area contributed by atoms with E-state index in [0.717, 1.165) is 27.9 Å². The second kappa shape index (κ2) is 9.14. The summed E-state index contributed by atoms with van der Waals surface area (Å²) in [6.07, 6.45) is 2.00. The fourth-order valence-electron chi connectivity index (χ4n) is 2.38. The molecule has 7 heteroatoms. The first-order chi connectivity index (χ1) is 13.2. The summed E-state index contributed by atoms with van der Waals surface area (Å²) in [5.74, 6) is 1.53. The van der Waals surface area contributed by atoms with Crippen molar-refractivity contribution in [1.29, 1.82) is 0 Å². The summed E-state index contributed by atoms with van der Waals surface area (Å²) in [4.78, 5) is 22.8. The molecule has 140 valence electrons. The maximum atomic E-state index is 12.4. The Hall–Kier alpha value is -2.93. The molecule has 2 aromatic heterocycles. The van der Waals surface area contributed by atoms with Crippen LogP contribution in [-0.2, 0) is 11.2 Å². The minimum atomic E-state index is 0.00574. The highest BCUT2D eigenvalue weighted by molar-refractivity contribution is 7.13. The van der Waals surface area contributed by atoms with Crippen LogP contribution in [0.1, 0.15) is 5.69 Å². The Balaban J connectivity index is 1.47. The number of carbonyl (C=O) groups excluding carboxylic acids is 1. The largest absolute Gasteiger partial charge is 0.497 e. The zero-order valence-electron chi connectivity index (χ0n) is 15.3. The number of methoxy groups -OCH3 is 1. The molecule has 6 nitrogen and oxygen atoms in total. The van der Waals surface area contributed by atoms with Gasteiger partial charge in [-0.05, 0) is 36.4 Å². The third-order valence-electron chi connectivity index (χ3n) is 3.95. The van der Waals surface area contributed by atoms with Crippen LogP contribution in [0.25, 0.3) is 10.7 Å². The van der Waals surface area contributed by atoms with E-state index in [2.05, 4.69) is 9.97 Å². The van der Waals surface area contributed by atoms with Crippen molar-refractivity contribution < 1.29 is 14.3 Å². The first kappa shape index (κ1) is 18.8. The van der Waals surface area contributed by atoms with E-state index in [0.29, 0.717) is 13.2 Å². The zero-order valence-corrected chi connectivity index (χ0v) is 16.1. The van der Waals surface area contributed by atoms with Crippen LogP contribution in [0, 0.1) is 0 Å². The van der Waals surface area contributed by atoms with Gasteiger partial charge in [-0.15, -0.1) is 11.3 Å². The highest BCUT2D eigenvalue weighted by atomic mass is 32.1. The Bertz CT molecular complexity index is 866. The lowest BCUT2D eigenvalue weighted by atomic mass is 10.3. The van der Waals surface area contributed by atoms with Gasteiger partial charge >= 0.3 is 0 Å². The van der Waals surface area contributed by atoms with Crippen LogP contribution in [0.3, 0.4) is 0 Å².